The number of benzene rings is 1. The summed E-state index contributed by atoms with van der Waals surface area (Å²) < 4.78 is 12.3. The van der Waals surface area contributed by atoms with Gasteiger partial charge in [-0.2, -0.15) is 5.26 Å². The van der Waals surface area contributed by atoms with Gasteiger partial charge in [-0.1, -0.05) is 33.3 Å². The summed E-state index contributed by atoms with van der Waals surface area (Å²) in [6, 6.07) is 16.3. The number of carbonyl (C=O) groups is 1. The first-order valence-electron chi connectivity index (χ1n) is 24.9. The van der Waals surface area contributed by atoms with Crippen molar-refractivity contribution in [3.63, 3.8) is 0 Å². The number of rotatable bonds is 14. The fourth-order valence-electron chi connectivity index (χ4n) is 11.9. The Morgan fingerprint density at radius 2 is 1.97 bits per heavy atom. The first-order valence-corrected chi connectivity index (χ1v) is 25.8. The lowest BCUT2D eigenvalue weighted by Gasteiger charge is -2.53. The molecule has 3 aromatic rings. The van der Waals surface area contributed by atoms with Crippen LogP contribution in [0.3, 0.4) is 0 Å². The number of aromatic nitrogens is 3. The first-order chi connectivity index (χ1) is 32.0. The van der Waals surface area contributed by atoms with Crippen molar-refractivity contribution in [2.45, 2.75) is 159 Å². The number of piperidine rings is 1. The summed E-state index contributed by atoms with van der Waals surface area (Å²) in [6.45, 7) is 12.3. The summed E-state index contributed by atoms with van der Waals surface area (Å²) in [4.78, 5) is 28.6. The Labute approximate surface area is 395 Å². The highest BCUT2D eigenvalue weighted by molar-refractivity contribution is 8.00. The molecule has 9 rings (SSSR count). The SMILES string of the molecule is CCCCc1cc(OC2CCC(NC(=O)c3ccc(N4CCCC5(CC(Cc6ccc(C7=NC(CC8NCCO8)C(N)N(C(C)N)C8SC(C)C(C)C78)nc6)C5)C4)nn3)CC2)ccc1C#N. The Kier molecular flexibility index (Phi) is 14.6. The topological polar surface area (TPSA) is 193 Å². The molecule has 3 saturated heterocycles. The van der Waals surface area contributed by atoms with E-state index in [4.69, 9.17) is 30.9 Å². The van der Waals surface area contributed by atoms with Crippen LogP contribution >= 0.6 is 11.8 Å². The number of pyridine rings is 1. The molecule has 66 heavy (non-hydrogen) atoms. The molecule has 0 bridgehead atoms. The van der Waals surface area contributed by atoms with E-state index in [2.05, 4.69) is 75.8 Å². The third kappa shape index (κ3) is 10.3. The number of nitriles is 1. The summed E-state index contributed by atoms with van der Waals surface area (Å²) in [5, 5.41) is 25.8. The number of hydrogen-bond acceptors (Lipinski definition) is 14. The van der Waals surface area contributed by atoms with Crippen LogP contribution in [0, 0.1) is 34.5 Å². The van der Waals surface area contributed by atoms with Crippen molar-refractivity contribution < 1.29 is 14.3 Å². The predicted molar refractivity (Wildman–Crippen MR) is 260 cm³/mol. The Bertz CT molecular complexity index is 2200. The van der Waals surface area contributed by atoms with Gasteiger partial charge in [0.2, 0.25) is 0 Å². The zero-order chi connectivity index (χ0) is 46.0. The van der Waals surface area contributed by atoms with E-state index in [1.54, 1.807) is 0 Å². The van der Waals surface area contributed by atoms with Crippen molar-refractivity contribution in [1.29, 1.82) is 5.26 Å². The number of amides is 1. The van der Waals surface area contributed by atoms with Gasteiger partial charge in [0.05, 0.1) is 59.5 Å². The Morgan fingerprint density at radius 1 is 1.14 bits per heavy atom. The van der Waals surface area contributed by atoms with E-state index >= 15 is 0 Å². The van der Waals surface area contributed by atoms with E-state index in [-0.39, 0.29) is 59.4 Å². The monoisotopic (exact) mass is 918 g/mol. The number of unbranched alkanes of at least 4 members (excludes halogenated alkanes) is 1. The number of nitrogens with zero attached hydrogens (tertiary/aromatic N) is 7. The molecule has 6 N–H and O–H groups in total. The average Bonchev–Trinajstić information content (AvgIpc) is 3.91. The van der Waals surface area contributed by atoms with Crippen LogP contribution in [0.25, 0.3) is 0 Å². The maximum Gasteiger partial charge on any atom is 0.272 e. The van der Waals surface area contributed by atoms with Gasteiger partial charge in [0.25, 0.3) is 5.91 Å². The minimum atomic E-state index is -0.319. The van der Waals surface area contributed by atoms with E-state index in [1.807, 2.05) is 49.0 Å². The second-order valence-electron chi connectivity index (χ2n) is 20.4. The first kappa shape index (κ1) is 46.9. The highest BCUT2D eigenvalue weighted by atomic mass is 32.2. The minimum absolute atomic E-state index is 0.0667. The normalized spacial score (nSPS) is 32.7. The quantitative estimate of drug-likeness (QED) is 0.136. The van der Waals surface area contributed by atoms with Crippen molar-refractivity contribution in [3.05, 3.63) is 76.7 Å². The van der Waals surface area contributed by atoms with Crippen LogP contribution in [-0.2, 0) is 17.6 Å². The number of nitrogens with two attached hydrogens (primary N) is 2. The molecule has 6 heterocycles. The highest BCUT2D eigenvalue weighted by Crippen LogP contribution is 2.53. The number of nitrogens with one attached hydrogen (secondary N) is 2. The standard InChI is InChI=1S/C51H71N11O3S/c1-5-6-8-36-24-40(13-10-37(36)28-52)65-39-14-11-38(12-15-39)57-49(63)42-17-18-44(60-59-42)61-21-7-19-51(30-61)26-35(27-51)23-34-9-16-41(56-29-34)47-46-31(2)32(3)66-50(46)62(33(4)53)48(54)43(58-47)25-45-55-20-22-64-45/h9-10,13,16-18,24,29,31-33,35,38-39,43,45-46,48,50,55H,5-8,11-12,14-15,19-23,25-27,30,53-54H2,1-4H3,(H,57,63). The van der Waals surface area contributed by atoms with Crippen LogP contribution in [0.1, 0.15) is 131 Å². The maximum absolute atomic E-state index is 13.3. The Morgan fingerprint density at radius 3 is 2.67 bits per heavy atom. The lowest BCUT2D eigenvalue weighted by molar-refractivity contribution is 0.0383. The van der Waals surface area contributed by atoms with Gasteiger partial charge in [-0.25, -0.2) is 0 Å². The zero-order valence-electron chi connectivity index (χ0n) is 39.4. The average molecular weight is 918 g/mol. The molecule has 354 valence electrons. The van der Waals surface area contributed by atoms with E-state index in [1.165, 1.54) is 24.8 Å². The molecule has 2 saturated carbocycles. The molecule has 8 unspecified atom stereocenters. The number of aliphatic imine (C=N–C) groups is 1. The number of ether oxygens (including phenoxy) is 2. The fourth-order valence-corrected chi connectivity index (χ4v) is 13.8. The lowest BCUT2D eigenvalue weighted by Crippen LogP contribution is -2.59. The summed E-state index contributed by atoms with van der Waals surface area (Å²) in [7, 11) is 0. The van der Waals surface area contributed by atoms with E-state index in [0.29, 0.717) is 35.8 Å². The number of fused-ring (bicyclic) bond motifs is 1. The number of thioether (sulfide) groups is 1. The summed E-state index contributed by atoms with van der Waals surface area (Å²) in [6.07, 6.45) is 14.4. The molecule has 1 aromatic carbocycles. The molecular formula is C51H71N11O3S. The van der Waals surface area contributed by atoms with E-state index < -0.39 is 0 Å². The van der Waals surface area contributed by atoms with Crippen molar-refractivity contribution in [2.24, 2.45) is 39.6 Å². The van der Waals surface area contributed by atoms with Gasteiger partial charge in [-0.3, -0.25) is 25.0 Å². The van der Waals surface area contributed by atoms with Gasteiger partial charge >= 0.3 is 0 Å². The molecule has 2 aliphatic carbocycles. The highest BCUT2D eigenvalue weighted by Gasteiger charge is 2.51. The van der Waals surface area contributed by atoms with Gasteiger partial charge in [0.15, 0.2) is 11.5 Å². The minimum Gasteiger partial charge on any atom is -0.490 e. The van der Waals surface area contributed by atoms with Crippen LogP contribution < -0.4 is 31.7 Å². The summed E-state index contributed by atoms with van der Waals surface area (Å²) in [5.74, 6) is 2.68. The molecule has 8 atom stereocenters. The number of aryl methyl sites for hydroxylation is 1. The van der Waals surface area contributed by atoms with Crippen LogP contribution in [0.5, 0.6) is 5.75 Å². The van der Waals surface area contributed by atoms with E-state index in [0.717, 1.165) is 112 Å². The van der Waals surface area contributed by atoms with Gasteiger partial charge in [-0.05, 0) is 142 Å². The largest absolute Gasteiger partial charge is 0.490 e. The molecular weight excluding hydrogens is 847 g/mol. The smallest absolute Gasteiger partial charge is 0.272 e. The fraction of sp³-hybridized carbons (Fsp3) is 0.647. The lowest BCUT2D eigenvalue weighted by atomic mass is 9.57. The zero-order valence-corrected chi connectivity index (χ0v) is 40.2. The molecule has 5 fully saturated rings. The molecule has 15 heteroatoms. The van der Waals surface area contributed by atoms with Crippen molar-refractivity contribution in [2.75, 3.05) is 31.1 Å². The van der Waals surface area contributed by atoms with Crippen molar-refractivity contribution in [1.82, 2.24) is 30.7 Å². The molecule has 0 radical (unpaired) electrons. The van der Waals surface area contributed by atoms with Gasteiger partial charge in [0, 0.05) is 49.5 Å². The maximum atomic E-state index is 13.3. The molecule has 1 spiro atoms. The summed E-state index contributed by atoms with van der Waals surface area (Å²) in [5.41, 5.74) is 19.4. The van der Waals surface area contributed by atoms with Gasteiger partial charge in [-0.15, -0.1) is 22.0 Å². The molecule has 2 aromatic heterocycles. The van der Waals surface area contributed by atoms with Gasteiger partial charge < -0.3 is 31.2 Å². The predicted octanol–water partition coefficient (Wildman–Crippen LogP) is 6.56. The number of carbonyl (C=O) groups excluding carboxylic acids is 1. The molecule has 6 aliphatic rings. The van der Waals surface area contributed by atoms with Crippen LogP contribution in [0.15, 0.2) is 53.7 Å². The third-order valence-electron chi connectivity index (χ3n) is 15.6. The van der Waals surface area contributed by atoms with Crippen LogP contribution in [-0.4, -0.2) is 105 Å². The number of hydrogen-bond donors (Lipinski definition) is 4. The van der Waals surface area contributed by atoms with Crippen LogP contribution in [0.2, 0.25) is 0 Å². The Balaban J connectivity index is 0.765. The Hall–Kier alpha value is -4.17. The van der Waals surface area contributed by atoms with Crippen LogP contribution in [0.4, 0.5) is 5.82 Å². The molecule has 14 nitrogen and oxygen atoms in total. The number of anilines is 1. The second kappa shape index (κ2) is 20.6. The molecule has 4 aliphatic heterocycles. The summed E-state index contributed by atoms with van der Waals surface area (Å²) >= 11 is 1.97. The third-order valence-corrected chi connectivity index (χ3v) is 17.2. The second-order valence-corrected chi connectivity index (χ2v) is 21.9. The van der Waals surface area contributed by atoms with Crippen molar-refractivity contribution in [3.8, 4) is 11.8 Å². The van der Waals surface area contributed by atoms with E-state index in [9.17, 15) is 10.1 Å². The van der Waals surface area contributed by atoms with Crippen molar-refractivity contribution >= 4 is 29.2 Å². The van der Waals surface area contributed by atoms with Gasteiger partial charge in [0.1, 0.15) is 12.0 Å². The molecule has 1 amide bonds.